The highest BCUT2D eigenvalue weighted by Crippen LogP contribution is 2.18. The van der Waals surface area contributed by atoms with Crippen molar-refractivity contribution in [2.24, 2.45) is 0 Å². The van der Waals surface area contributed by atoms with Crippen LogP contribution in [0, 0.1) is 0 Å². The van der Waals surface area contributed by atoms with Crippen LogP contribution in [0.5, 0.6) is 0 Å². The first kappa shape index (κ1) is 10.8. The number of nitrogens with two attached hydrogens (primary N) is 1. The summed E-state index contributed by atoms with van der Waals surface area (Å²) >= 11 is 5.77. The third-order valence-corrected chi connectivity index (χ3v) is 2.29. The van der Waals surface area contributed by atoms with Crippen molar-refractivity contribution in [2.45, 2.75) is 6.92 Å². The molecule has 0 atom stereocenters. The topological polar surface area (TPSA) is 69.6 Å². The lowest BCUT2D eigenvalue weighted by Crippen LogP contribution is -2.08. The zero-order chi connectivity index (χ0) is 11.7. The molecule has 2 heterocycles. The standard InChI is InChI=1S/C10H10ClN3O2/c1-2-16-10(15)6-3-4-8(12)14-5-7(11)13-9(6)14/h3-5H,2,12H2,1H3. The Morgan fingerprint density at radius 3 is 3.06 bits per heavy atom. The molecule has 2 aromatic rings. The molecule has 0 spiro atoms. The lowest BCUT2D eigenvalue weighted by Gasteiger charge is -2.05. The van der Waals surface area contributed by atoms with Gasteiger partial charge >= 0.3 is 5.97 Å². The zero-order valence-corrected chi connectivity index (χ0v) is 9.36. The lowest BCUT2D eigenvalue weighted by molar-refractivity contribution is 0.0528. The molecule has 0 saturated carbocycles. The van der Waals surface area contributed by atoms with Gasteiger partial charge in [0.1, 0.15) is 16.5 Å². The number of aromatic nitrogens is 2. The molecule has 0 unspecified atom stereocenters. The van der Waals surface area contributed by atoms with Crippen molar-refractivity contribution in [3.63, 3.8) is 0 Å². The highest BCUT2D eigenvalue weighted by atomic mass is 35.5. The second-order valence-electron chi connectivity index (χ2n) is 3.15. The third kappa shape index (κ3) is 1.69. The van der Waals surface area contributed by atoms with Gasteiger partial charge in [0.15, 0.2) is 5.65 Å². The van der Waals surface area contributed by atoms with Crippen LogP contribution in [0.2, 0.25) is 5.15 Å². The number of hydrogen-bond donors (Lipinski definition) is 1. The van der Waals surface area contributed by atoms with Crippen molar-refractivity contribution in [3.05, 3.63) is 29.0 Å². The average molecular weight is 240 g/mol. The van der Waals surface area contributed by atoms with Gasteiger partial charge in [-0.2, -0.15) is 0 Å². The number of pyridine rings is 1. The minimum atomic E-state index is -0.435. The summed E-state index contributed by atoms with van der Waals surface area (Å²) in [5, 5.41) is 0.281. The van der Waals surface area contributed by atoms with Gasteiger partial charge < -0.3 is 10.5 Å². The van der Waals surface area contributed by atoms with E-state index in [9.17, 15) is 4.79 Å². The van der Waals surface area contributed by atoms with Crippen molar-refractivity contribution >= 4 is 29.0 Å². The van der Waals surface area contributed by atoms with Gasteiger partial charge in [-0.25, -0.2) is 9.78 Å². The van der Waals surface area contributed by atoms with E-state index in [-0.39, 0.29) is 5.15 Å². The van der Waals surface area contributed by atoms with Crippen LogP contribution < -0.4 is 5.73 Å². The number of ether oxygens (including phenoxy) is 1. The van der Waals surface area contributed by atoms with E-state index < -0.39 is 5.97 Å². The van der Waals surface area contributed by atoms with Gasteiger partial charge in [0.05, 0.1) is 6.61 Å². The fraction of sp³-hybridized carbons (Fsp3) is 0.200. The number of imidazole rings is 1. The maximum absolute atomic E-state index is 11.6. The molecular formula is C10H10ClN3O2. The highest BCUT2D eigenvalue weighted by molar-refractivity contribution is 6.29. The number of anilines is 1. The number of nitrogen functional groups attached to an aromatic ring is 1. The molecule has 0 amide bonds. The first-order valence-corrected chi connectivity index (χ1v) is 5.11. The van der Waals surface area contributed by atoms with E-state index in [1.165, 1.54) is 0 Å². The Bertz CT molecular complexity index is 550. The quantitative estimate of drug-likeness (QED) is 0.811. The van der Waals surface area contributed by atoms with E-state index in [0.717, 1.165) is 0 Å². The predicted octanol–water partition coefficient (Wildman–Crippen LogP) is 1.75. The van der Waals surface area contributed by atoms with E-state index in [1.54, 1.807) is 29.7 Å². The number of carbonyl (C=O) groups is 1. The van der Waals surface area contributed by atoms with Gasteiger partial charge in [0.2, 0.25) is 0 Å². The van der Waals surface area contributed by atoms with Crippen molar-refractivity contribution in [1.29, 1.82) is 0 Å². The maximum atomic E-state index is 11.6. The van der Waals surface area contributed by atoms with Crippen molar-refractivity contribution in [1.82, 2.24) is 9.38 Å². The van der Waals surface area contributed by atoms with E-state index in [2.05, 4.69) is 4.98 Å². The first-order chi connectivity index (χ1) is 7.63. The van der Waals surface area contributed by atoms with Gasteiger partial charge in [0.25, 0.3) is 0 Å². The number of rotatable bonds is 2. The fourth-order valence-corrected chi connectivity index (χ4v) is 1.61. The predicted molar refractivity (Wildman–Crippen MR) is 60.6 cm³/mol. The molecule has 16 heavy (non-hydrogen) atoms. The molecule has 0 saturated heterocycles. The van der Waals surface area contributed by atoms with Crippen LogP contribution in [0.15, 0.2) is 18.3 Å². The molecular weight excluding hydrogens is 230 g/mol. The van der Waals surface area contributed by atoms with Crippen LogP contribution in [-0.4, -0.2) is 22.0 Å². The normalized spacial score (nSPS) is 10.6. The van der Waals surface area contributed by atoms with E-state index in [0.29, 0.717) is 23.6 Å². The third-order valence-electron chi connectivity index (χ3n) is 2.11. The molecule has 2 rings (SSSR count). The molecule has 0 aliphatic heterocycles. The Morgan fingerprint density at radius 2 is 2.38 bits per heavy atom. The van der Waals surface area contributed by atoms with Crippen LogP contribution in [0.1, 0.15) is 17.3 Å². The molecule has 0 aliphatic carbocycles. The Morgan fingerprint density at radius 1 is 1.62 bits per heavy atom. The Labute approximate surface area is 96.8 Å². The number of nitrogens with zero attached hydrogens (tertiary/aromatic N) is 2. The molecule has 0 aromatic carbocycles. The molecule has 0 radical (unpaired) electrons. The van der Waals surface area contributed by atoms with Gasteiger partial charge in [-0.1, -0.05) is 11.6 Å². The van der Waals surface area contributed by atoms with E-state index in [1.807, 2.05) is 0 Å². The second kappa shape index (κ2) is 4.02. The maximum Gasteiger partial charge on any atom is 0.341 e. The minimum absolute atomic E-state index is 0.281. The molecule has 0 aliphatic rings. The number of hydrogen-bond acceptors (Lipinski definition) is 4. The lowest BCUT2D eigenvalue weighted by atomic mass is 10.2. The SMILES string of the molecule is CCOC(=O)c1ccc(N)n2cc(Cl)nc12. The van der Waals surface area contributed by atoms with E-state index in [4.69, 9.17) is 22.1 Å². The summed E-state index contributed by atoms with van der Waals surface area (Å²) in [6.07, 6.45) is 1.55. The van der Waals surface area contributed by atoms with Crippen molar-refractivity contribution in [3.8, 4) is 0 Å². The smallest absolute Gasteiger partial charge is 0.341 e. The zero-order valence-electron chi connectivity index (χ0n) is 8.61. The molecule has 2 N–H and O–H groups in total. The molecule has 0 bridgehead atoms. The molecule has 2 aromatic heterocycles. The Hall–Kier alpha value is -1.75. The monoisotopic (exact) mass is 239 g/mol. The largest absolute Gasteiger partial charge is 0.462 e. The summed E-state index contributed by atoms with van der Waals surface area (Å²) in [5.41, 5.74) is 6.48. The van der Waals surface area contributed by atoms with Crippen LogP contribution in [0.25, 0.3) is 5.65 Å². The average Bonchev–Trinajstić information content (AvgIpc) is 2.61. The van der Waals surface area contributed by atoms with Gasteiger partial charge in [0, 0.05) is 6.20 Å². The minimum Gasteiger partial charge on any atom is -0.462 e. The molecule has 6 heteroatoms. The Kier molecular flexibility index (Phi) is 2.70. The fourth-order valence-electron chi connectivity index (χ4n) is 1.43. The van der Waals surface area contributed by atoms with Gasteiger partial charge in [-0.15, -0.1) is 0 Å². The van der Waals surface area contributed by atoms with Crippen LogP contribution in [0.3, 0.4) is 0 Å². The van der Waals surface area contributed by atoms with Crippen molar-refractivity contribution in [2.75, 3.05) is 12.3 Å². The Balaban J connectivity index is 2.62. The van der Waals surface area contributed by atoms with Crippen LogP contribution in [0.4, 0.5) is 5.82 Å². The van der Waals surface area contributed by atoms with E-state index >= 15 is 0 Å². The van der Waals surface area contributed by atoms with Gasteiger partial charge in [-0.05, 0) is 19.1 Å². The number of halogens is 1. The highest BCUT2D eigenvalue weighted by Gasteiger charge is 2.15. The number of esters is 1. The summed E-state index contributed by atoms with van der Waals surface area (Å²) in [5.74, 6) is 0.0252. The summed E-state index contributed by atoms with van der Waals surface area (Å²) in [4.78, 5) is 15.6. The van der Waals surface area contributed by atoms with Crippen LogP contribution in [-0.2, 0) is 4.74 Å². The summed E-state index contributed by atoms with van der Waals surface area (Å²) < 4.78 is 6.46. The summed E-state index contributed by atoms with van der Waals surface area (Å²) in [6.45, 7) is 2.05. The number of fused-ring (bicyclic) bond motifs is 1. The molecule has 0 fully saturated rings. The molecule has 5 nitrogen and oxygen atoms in total. The summed E-state index contributed by atoms with van der Waals surface area (Å²) in [7, 11) is 0. The first-order valence-electron chi connectivity index (χ1n) is 4.73. The van der Waals surface area contributed by atoms with Gasteiger partial charge in [-0.3, -0.25) is 4.40 Å². The molecule has 84 valence electrons. The van der Waals surface area contributed by atoms with Crippen molar-refractivity contribution < 1.29 is 9.53 Å². The summed E-state index contributed by atoms with van der Waals surface area (Å²) in [6, 6.07) is 3.18. The second-order valence-corrected chi connectivity index (χ2v) is 3.54. The number of carbonyl (C=O) groups excluding carboxylic acids is 1. The van der Waals surface area contributed by atoms with Crippen LogP contribution >= 0.6 is 11.6 Å².